The van der Waals surface area contributed by atoms with E-state index >= 15 is 0 Å². The highest BCUT2D eigenvalue weighted by atomic mass is 19.1. The third kappa shape index (κ3) is 4.26. The second-order valence-electron chi connectivity index (χ2n) is 6.00. The predicted octanol–water partition coefficient (Wildman–Crippen LogP) is 3.08. The van der Waals surface area contributed by atoms with Crippen molar-refractivity contribution in [2.75, 3.05) is 31.1 Å². The number of carbonyl (C=O) groups is 1. The zero-order chi connectivity index (χ0) is 17.8. The highest BCUT2D eigenvalue weighted by Crippen LogP contribution is 2.18. The third-order valence-corrected chi connectivity index (χ3v) is 4.26. The highest BCUT2D eigenvalue weighted by Gasteiger charge is 2.26. The molecule has 0 N–H and O–H groups in total. The maximum atomic E-state index is 13.0. The molecule has 2 aromatic carbocycles. The van der Waals surface area contributed by atoms with E-state index in [-0.39, 0.29) is 17.5 Å². The van der Waals surface area contributed by atoms with Crippen LogP contribution in [0.2, 0.25) is 0 Å². The van der Waals surface area contributed by atoms with Gasteiger partial charge in [0.1, 0.15) is 17.4 Å². The Labute approximate surface area is 145 Å². The number of piperazine rings is 1. The summed E-state index contributed by atoms with van der Waals surface area (Å²) in [4.78, 5) is 16.4. The molecule has 1 heterocycles. The van der Waals surface area contributed by atoms with Gasteiger partial charge in [0.25, 0.3) is 5.91 Å². The van der Waals surface area contributed by atoms with Gasteiger partial charge in [-0.15, -0.1) is 0 Å². The van der Waals surface area contributed by atoms with Crippen molar-refractivity contribution >= 4 is 11.6 Å². The van der Waals surface area contributed by atoms with Crippen LogP contribution in [-0.2, 0) is 4.79 Å². The highest BCUT2D eigenvalue weighted by molar-refractivity contribution is 5.81. The molecule has 0 bridgehead atoms. The van der Waals surface area contributed by atoms with Crippen LogP contribution in [0.4, 0.5) is 14.5 Å². The fourth-order valence-electron chi connectivity index (χ4n) is 2.86. The molecule has 6 heteroatoms. The van der Waals surface area contributed by atoms with Crippen molar-refractivity contribution in [1.82, 2.24) is 4.90 Å². The van der Waals surface area contributed by atoms with E-state index in [1.54, 1.807) is 24.0 Å². The van der Waals surface area contributed by atoms with E-state index in [4.69, 9.17) is 4.74 Å². The molecule has 1 aliphatic heterocycles. The van der Waals surface area contributed by atoms with Gasteiger partial charge in [-0.25, -0.2) is 8.78 Å². The van der Waals surface area contributed by atoms with Crippen molar-refractivity contribution < 1.29 is 18.3 Å². The van der Waals surface area contributed by atoms with E-state index in [1.807, 2.05) is 0 Å². The monoisotopic (exact) mass is 346 g/mol. The predicted molar refractivity (Wildman–Crippen MR) is 91.7 cm³/mol. The molecule has 0 aromatic heterocycles. The molecule has 0 aliphatic carbocycles. The topological polar surface area (TPSA) is 32.8 Å². The molecular weight excluding hydrogens is 326 g/mol. The minimum Gasteiger partial charge on any atom is -0.481 e. The van der Waals surface area contributed by atoms with Gasteiger partial charge in [0.15, 0.2) is 6.10 Å². The normalized spacial score (nSPS) is 15.8. The van der Waals surface area contributed by atoms with Crippen molar-refractivity contribution in [1.29, 1.82) is 0 Å². The first-order chi connectivity index (χ1) is 12.0. The van der Waals surface area contributed by atoms with Gasteiger partial charge in [-0.1, -0.05) is 0 Å². The summed E-state index contributed by atoms with van der Waals surface area (Å²) in [6.07, 6.45) is -0.636. The van der Waals surface area contributed by atoms with Gasteiger partial charge in [0, 0.05) is 31.9 Å². The van der Waals surface area contributed by atoms with E-state index < -0.39 is 6.10 Å². The number of ether oxygens (including phenoxy) is 1. The van der Waals surface area contributed by atoms with Crippen molar-refractivity contribution in [2.24, 2.45) is 0 Å². The van der Waals surface area contributed by atoms with Gasteiger partial charge in [0.05, 0.1) is 0 Å². The molecular formula is C19H20F2N2O2. The van der Waals surface area contributed by atoms with Gasteiger partial charge in [-0.05, 0) is 55.5 Å². The Hall–Kier alpha value is -2.63. The Morgan fingerprint density at radius 2 is 1.44 bits per heavy atom. The summed E-state index contributed by atoms with van der Waals surface area (Å²) in [5.41, 5.74) is 0.948. The second kappa shape index (κ2) is 7.51. The minimum absolute atomic E-state index is 0.0944. The second-order valence-corrected chi connectivity index (χ2v) is 6.00. The van der Waals surface area contributed by atoms with Crippen LogP contribution in [0.1, 0.15) is 6.92 Å². The van der Waals surface area contributed by atoms with Crippen LogP contribution < -0.4 is 9.64 Å². The molecule has 2 aromatic rings. The van der Waals surface area contributed by atoms with Gasteiger partial charge in [-0.2, -0.15) is 0 Å². The van der Waals surface area contributed by atoms with E-state index in [0.717, 1.165) is 5.69 Å². The van der Waals surface area contributed by atoms with Crippen LogP contribution in [0.3, 0.4) is 0 Å². The molecule has 1 saturated heterocycles. The van der Waals surface area contributed by atoms with Crippen LogP contribution in [0.25, 0.3) is 0 Å². The first-order valence-electron chi connectivity index (χ1n) is 8.24. The lowest BCUT2D eigenvalue weighted by molar-refractivity contribution is -0.138. The van der Waals surface area contributed by atoms with Gasteiger partial charge >= 0.3 is 0 Å². The Balaban J connectivity index is 1.53. The maximum Gasteiger partial charge on any atom is 0.263 e. The van der Waals surface area contributed by atoms with Crippen molar-refractivity contribution in [3.05, 3.63) is 60.2 Å². The van der Waals surface area contributed by atoms with Gasteiger partial charge < -0.3 is 14.5 Å². The van der Waals surface area contributed by atoms with Crippen LogP contribution in [0, 0.1) is 11.6 Å². The number of hydrogen-bond acceptors (Lipinski definition) is 3. The lowest BCUT2D eigenvalue weighted by Crippen LogP contribution is -2.52. The van der Waals surface area contributed by atoms with E-state index in [0.29, 0.717) is 31.9 Å². The summed E-state index contributed by atoms with van der Waals surface area (Å²) in [6.45, 7) is 4.21. The molecule has 0 spiro atoms. The largest absolute Gasteiger partial charge is 0.481 e. The van der Waals surface area contributed by atoms with E-state index in [9.17, 15) is 13.6 Å². The lowest BCUT2D eigenvalue weighted by atomic mass is 10.2. The number of rotatable bonds is 4. The van der Waals surface area contributed by atoms with E-state index in [1.165, 1.54) is 36.4 Å². The quantitative estimate of drug-likeness (QED) is 0.853. The van der Waals surface area contributed by atoms with Crippen molar-refractivity contribution in [2.45, 2.75) is 13.0 Å². The summed E-state index contributed by atoms with van der Waals surface area (Å²) in [6, 6.07) is 12.0. The molecule has 0 unspecified atom stereocenters. The molecule has 1 fully saturated rings. The van der Waals surface area contributed by atoms with Crippen molar-refractivity contribution in [3.8, 4) is 5.75 Å². The van der Waals surface area contributed by atoms with Gasteiger partial charge in [-0.3, -0.25) is 4.79 Å². The summed E-state index contributed by atoms with van der Waals surface area (Å²) in [7, 11) is 0. The number of carbonyl (C=O) groups excluding carboxylic acids is 1. The summed E-state index contributed by atoms with van der Waals surface area (Å²) in [5, 5.41) is 0. The molecule has 4 nitrogen and oxygen atoms in total. The fourth-order valence-corrected chi connectivity index (χ4v) is 2.86. The summed E-state index contributed by atoms with van der Waals surface area (Å²) in [5.74, 6) is -0.233. The SMILES string of the molecule is C[C@@H](Oc1ccc(F)cc1)C(=O)N1CCN(c2ccc(F)cc2)CC1. The number of anilines is 1. The average molecular weight is 346 g/mol. The Morgan fingerprint density at radius 1 is 0.920 bits per heavy atom. The number of hydrogen-bond donors (Lipinski definition) is 0. The first kappa shape index (κ1) is 17.2. The zero-order valence-electron chi connectivity index (χ0n) is 14.0. The Morgan fingerprint density at radius 3 is 2.00 bits per heavy atom. The van der Waals surface area contributed by atoms with E-state index in [2.05, 4.69) is 4.90 Å². The van der Waals surface area contributed by atoms with Crippen LogP contribution in [-0.4, -0.2) is 43.1 Å². The standard InChI is InChI=1S/C19H20F2N2O2/c1-14(25-18-8-4-16(21)5-9-18)19(24)23-12-10-22(11-13-23)17-6-2-15(20)3-7-17/h2-9,14H,10-13H2,1H3/t14-/m1/s1. The molecule has 1 aliphatic rings. The number of halogens is 2. The molecule has 1 atom stereocenters. The summed E-state index contributed by atoms with van der Waals surface area (Å²) >= 11 is 0. The number of benzene rings is 2. The van der Waals surface area contributed by atoms with Crippen LogP contribution >= 0.6 is 0 Å². The smallest absolute Gasteiger partial charge is 0.263 e. The minimum atomic E-state index is -0.636. The van der Waals surface area contributed by atoms with Gasteiger partial charge in [0.2, 0.25) is 0 Å². The number of nitrogens with zero attached hydrogens (tertiary/aromatic N) is 2. The fraction of sp³-hybridized carbons (Fsp3) is 0.316. The molecule has 0 saturated carbocycles. The van der Waals surface area contributed by atoms with Crippen LogP contribution in [0.15, 0.2) is 48.5 Å². The number of amides is 1. The Kier molecular flexibility index (Phi) is 5.16. The van der Waals surface area contributed by atoms with Crippen LogP contribution in [0.5, 0.6) is 5.75 Å². The maximum absolute atomic E-state index is 13.0. The average Bonchev–Trinajstić information content (AvgIpc) is 2.64. The molecule has 0 radical (unpaired) electrons. The molecule has 132 valence electrons. The zero-order valence-corrected chi connectivity index (χ0v) is 14.0. The first-order valence-corrected chi connectivity index (χ1v) is 8.24. The van der Waals surface area contributed by atoms with Crippen molar-refractivity contribution in [3.63, 3.8) is 0 Å². The Bertz CT molecular complexity index is 711. The summed E-state index contributed by atoms with van der Waals surface area (Å²) < 4.78 is 31.5. The molecule has 1 amide bonds. The molecule has 3 rings (SSSR count). The third-order valence-electron chi connectivity index (χ3n) is 4.26. The lowest BCUT2D eigenvalue weighted by Gasteiger charge is -2.37. The molecule has 25 heavy (non-hydrogen) atoms.